The van der Waals surface area contributed by atoms with Crippen LogP contribution in [-0.4, -0.2) is 30.1 Å². The highest BCUT2D eigenvalue weighted by Gasteiger charge is 2.40. The fourth-order valence-corrected chi connectivity index (χ4v) is 2.76. The van der Waals surface area contributed by atoms with E-state index in [1.807, 2.05) is 36.4 Å². The van der Waals surface area contributed by atoms with E-state index >= 15 is 0 Å². The van der Waals surface area contributed by atoms with E-state index in [9.17, 15) is 5.11 Å². The van der Waals surface area contributed by atoms with E-state index in [1.54, 1.807) is 0 Å². The van der Waals surface area contributed by atoms with Gasteiger partial charge in [-0.2, -0.15) is 0 Å². The molecule has 2 rings (SSSR count). The number of allylic oxidation sites excluding steroid dienone is 1. The minimum atomic E-state index is -0.692. The number of hydrogen-bond donors (Lipinski definition) is 1. The van der Waals surface area contributed by atoms with Crippen LogP contribution in [0.2, 0.25) is 0 Å². The minimum Gasteiger partial charge on any atom is -0.385 e. The highest BCUT2D eigenvalue weighted by molar-refractivity contribution is 5.24. The van der Waals surface area contributed by atoms with E-state index < -0.39 is 5.60 Å². The molecule has 0 spiro atoms. The lowest BCUT2D eigenvalue weighted by Crippen LogP contribution is -2.48. The van der Waals surface area contributed by atoms with Crippen molar-refractivity contribution in [3.63, 3.8) is 0 Å². The topological polar surface area (TPSA) is 23.5 Å². The maximum absolute atomic E-state index is 11.0. The number of likely N-dealkylation sites (tertiary alicyclic amines) is 1. The first kappa shape index (κ1) is 12.3. The summed E-state index contributed by atoms with van der Waals surface area (Å²) in [6.07, 6.45) is 3.57. The third-order valence-electron chi connectivity index (χ3n) is 3.81. The molecule has 1 aliphatic rings. The van der Waals surface area contributed by atoms with Crippen LogP contribution < -0.4 is 0 Å². The van der Waals surface area contributed by atoms with Crippen molar-refractivity contribution in [3.8, 4) is 0 Å². The molecular weight excluding hydrogens is 210 g/mol. The first-order valence-corrected chi connectivity index (χ1v) is 6.24. The lowest BCUT2D eigenvalue weighted by molar-refractivity contribution is -0.0719. The predicted molar refractivity (Wildman–Crippen MR) is 70.8 cm³/mol. The molecule has 1 aromatic rings. The van der Waals surface area contributed by atoms with Crippen LogP contribution in [0.25, 0.3) is 0 Å². The van der Waals surface area contributed by atoms with Crippen molar-refractivity contribution in [2.75, 3.05) is 20.1 Å². The number of rotatable bonds is 3. The molecule has 0 radical (unpaired) electrons. The van der Waals surface area contributed by atoms with Crippen molar-refractivity contribution in [3.05, 3.63) is 48.6 Å². The van der Waals surface area contributed by atoms with Crippen molar-refractivity contribution < 1.29 is 5.11 Å². The molecule has 1 aromatic carbocycles. The second-order valence-electron chi connectivity index (χ2n) is 5.02. The van der Waals surface area contributed by atoms with Crippen LogP contribution in [-0.2, 0) is 5.60 Å². The third kappa shape index (κ3) is 2.43. The molecule has 1 saturated heterocycles. The summed E-state index contributed by atoms with van der Waals surface area (Å²) in [7, 11) is 2.11. The Morgan fingerprint density at radius 3 is 2.82 bits per heavy atom. The summed E-state index contributed by atoms with van der Waals surface area (Å²) in [6, 6.07) is 10.0. The molecule has 0 amide bonds. The molecule has 1 N–H and O–H groups in total. The van der Waals surface area contributed by atoms with Crippen LogP contribution in [0, 0.1) is 5.92 Å². The van der Waals surface area contributed by atoms with Gasteiger partial charge in [-0.05, 0) is 25.5 Å². The Morgan fingerprint density at radius 2 is 2.18 bits per heavy atom. The Morgan fingerprint density at radius 1 is 1.47 bits per heavy atom. The average Bonchev–Trinajstić information content (AvgIpc) is 2.35. The van der Waals surface area contributed by atoms with Crippen LogP contribution in [0.4, 0.5) is 0 Å². The molecule has 2 atom stereocenters. The molecular formula is C15H21NO. The Hall–Kier alpha value is -1.12. The molecule has 2 nitrogen and oxygen atoms in total. The number of hydrogen-bond acceptors (Lipinski definition) is 2. The fraction of sp³-hybridized carbons (Fsp3) is 0.467. The highest BCUT2D eigenvalue weighted by atomic mass is 16.3. The Labute approximate surface area is 104 Å². The van der Waals surface area contributed by atoms with Crippen molar-refractivity contribution in [1.82, 2.24) is 4.90 Å². The maximum atomic E-state index is 11.0. The molecule has 92 valence electrons. The van der Waals surface area contributed by atoms with Gasteiger partial charge in [0.25, 0.3) is 0 Å². The standard InChI is InChI=1S/C15H21NO/c1-3-7-14-12-16(2)11-10-15(14,17)13-8-5-4-6-9-13/h3-6,8-9,14,17H,1,7,10-12H2,2H3/t14-,15-/m1/s1. The fourth-order valence-electron chi connectivity index (χ4n) is 2.76. The predicted octanol–water partition coefficient (Wildman–Crippen LogP) is 2.40. The van der Waals surface area contributed by atoms with Gasteiger partial charge >= 0.3 is 0 Å². The largest absolute Gasteiger partial charge is 0.385 e. The molecule has 1 fully saturated rings. The van der Waals surface area contributed by atoms with Crippen molar-refractivity contribution in [2.45, 2.75) is 18.4 Å². The van der Waals surface area contributed by atoms with Crippen molar-refractivity contribution in [1.29, 1.82) is 0 Å². The zero-order valence-electron chi connectivity index (χ0n) is 10.5. The summed E-state index contributed by atoms with van der Waals surface area (Å²) in [4.78, 5) is 2.28. The normalized spacial score (nSPS) is 30.1. The van der Waals surface area contributed by atoms with E-state index in [0.29, 0.717) is 0 Å². The van der Waals surface area contributed by atoms with Crippen LogP contribution in [0.5, 0.6) is 0 Å². The van der Waals surface area contributed by atoms with Gasteiger partial charge in [0, 0.05) is 19.0 Å². The van der Waals surface area contributed by atoms with E-state index in [-0.39, 0.29) is 5.92 Å². The molecule has 0 aliphatic carbocycles. The molecule has 1 heterocycles. The van der Waals surface area contributed by atoms with Crippen molar-refractivity contribution >= 4 is 0 Å². The molecule has 0 bridgehead atoms. The second-order valence-corrected chi connectivity index (χ2v) is 5.02. The monoisotopic (exact) mass is 231 g/mol. The maximum Gasteiger partial charge on any atom is 0.0951 e. The van der Waals surface area contributed by atoms with Gasteiger partial charge in [0.1, 0.15) is 0 Å². The zero-order chi connectivity index (χ0) is 12.3. The zero-order valence-corrected chi connectivity index (χ0v) is 10.5. The van der Waals surface area contributed by atoms with Crippen LogP contribution in [0.3, 0.4) is 0 Å². The smallest absolute Gasteiger partial charge is 0.0951 e. The number of piperidine rings is 1. The highest BCUT2D eigenvalue weighted by Crippen LogP contribution is 2.38. The van der Waals surface area contributed by atoms with E-state index in [2.05, 4.69) is 18.5 Å². The molecule has 1 aliphatic heterocycles. The summed E-state index contributed by atoms with van der Waals surface area (Å²) in [6.45, 7) is 5.68. The van der Waals surface area contributed by atoms with Crippen LogP contribution in [0.1, 0.15) is 18.4 Å². The van der Waals surface area contributed by atoms with Gasteiger partial charge in [-0.3, -0.25) is 0 Å². The average molecular weight is 231 g/mol. The Kier molecular flexibility index (Phi) is 3.65. The van der Waals surface area contributed by atoms with E-state index in [0.717, 1.165) is 31.5 Å². The minimum absolute atomic E-state index is 0.237. The van der Waals surface area contributed by atoms with Crippen LogP contribution in [0.15, 0.2) is 43.0 Å². The van der Waals surface area contributed by atoms with Gasteiger partial charge in [0.2, 0.25) is 0 Å². The summed E-state index contributed by atoms with van der Waals surface area (Å²) in [5, 5.41) is 11.0. The third-order valence-corrected chi connectivity index (χ3v) is 3.81. The quantitative estimate of drug-likeness (QED) is 0.807. The summed E-state index contributed by atoms with van der Waals surface area (Å²) < 4.78 is 0. The lowest BCUT2D eigenvalue weighted by Gasteiger charge is -2.43. The Balaban J connectivity index is 2.29. The molecule has 0 unspecified atom stereocenters. The first-order valence-electron chi connectivity index (χ1n) is 6.24. The van der Waals surface area contributed by atoms with Gasteiger partial charge in [-0.25, -0.2) is 0 Å². The number of benzene rings is 1. The number of nitrogens with zero attached hydrogens (tertiary/aromatic N) is 1. The van der Waals surface area contributed by atoms with E-state index in [1.165, 1.54) is 0 Å². The Bertz CT molecular complexity index is 376. The summed E-state index contributed by atoms with van der Waals surface area (Å²) in [5.41, 5.74) is 0.349. The summed E-state index contributed by atoms with van der Waals surface area (Å²) in [5.74, 6) is 0.237. The number of aliphatic hydroxyl groups is 1. The van der Waals surface area contributed by atoms with Crippen molar-refractivity contribution in [2.24, 2.45) is 5.92 Å². The van der Waals surface area contributed by atoms with E-state index in [4.69, 9.17) is 0 Å². The van der Waals surface area contributed by atoms with Gasteiger partial charge in [-0.1, -0.05) is 36.4 Å². The summed E-state index contributed by atoms with van der Waals surface area (Å²) >= 11 is 0. The molecule has 2 heteroatoms. The van der Waals surface area contributed by atoms with Gasteiger partial charge in [0.05, 0.1) is 5.60 Å². The van der Waals surface area contributed by atoms with Gasteiger partial charge in [-0.15, -0.1) is 6.58 Å². The molecule has 0 aromatic heterocycles. The SMILES string of the molecule is C=CC[C@@H]1CN(C)CC[C@@]1(O)c1ccccc1. The van der Waals surface area contributed by atoms with Crippen LogP contribution >= 0.6 is 0 Å². The van der Waals surface area contributed by atoms with Gasteiger partial charge in [0.15, 0.2) is 0 Å². The molecule has 0 saturated carbocycles. The lowest BCUT2D eigenvalue weighted by atomic mass is 9.74. The first-order chi connectivity index (χ1) is 8.16. The van der Waals surface area contributed by atoms with Gasteiger partial charge < -0.3 is 10.0 Å². The molecule has 17 heavy (non-hydrogen) atoms. The second kappa shape index (κ2) is 5.03.